The van der Waals surface area contributed by atoms with Crippen LogP contribution in [0.1, 0.15) is 38.2 Å². The summed E-state index contributed by atoms with van der Waals surface area (Å²) in [5, 5.41) is 11.1. The Morgan fingerprint density at radius 1 is 1.27 bits per heavy atom. The molecule has 0 bridgehead atoms. The molecule has 3 rings (SSSR count). The van der Waals surface area contributed by atoms with Crippen LogP contribution in [0.3, 0.4) is 0 Å². The molecular weight excluding hydrogens is 284 g/mol. The van der Waals surface area contributed by atoms with Gasteiger partial charge in [-0.15, -0.1) is 0 Å². The van der Waals surface area contributed by atoms with Gasteiger partial charge < -0.3 is 19.3 Å². The normalized spacial score (nSPS) is 34.7. The van der Waals surface area contributed by atoms with E-state index in [2.05, 4.69) is 0 Å². The molecule has 5 heteroatoms. The van der Waals surface area contributed by atoms with Crippen LogP contribution < -0.4 is 0 Å². The maximum absolute atomic E-state index is 12.3. The summed E-state index contributed by atoms with van der Waals surface area (Å²) in [6, 6.07) is 8.91. The van der Waals surface area contributed by atoms with Crippen molar-refractivity contribution in [2.75, 3.05) is 6.61 Å². The SMILES string of the molecule is CCOC(=O)C1O[C@@H]2CCCC[C@H]2OC1(O)c1ccccc1. The molecule has 22 heavy (non-hydrogen) atoms. The number of ether oxygens (including phenoxy) is 3. The first-order valence-corrected chi connectivity index (χ1v) is 7.93. The number of rotatable bonds is 3. The van der Waals surface area contributed by atoms with Gasteiger partial charge in [-0.2, -0.15) is 0 Å². The number of esters is 1. The fourth-order valence-electron chi connectivity index (χ4n) is 3.24. The minimum Gasteiger partial charge on any atom is -0.464 e. The fraction of sp³-hybridized carbons (Fsp3) is 0.588. The number of hydrogen-bond acceptors (Lipinski definition) is 5. The zero-order chi connectivity index (χ0) is 15.6. The highest BCUT2D eigenvalue weighted by atomic mass is 16.7. The fourth-order valence-corrected chi connectivity index (χ4v) is 3.24. The molecule has 1 aliphatic heterocycles. The van der Waals surface area contributed by atoms with Gasteiger partial charge in [-0.25, -0.2) is 4.79 Å². The Morgan fingerprint density at radius 2 is 1.95 bits per heavy atom. The van der Waals surface area contributed by atoms with Gasteiger partial charge in [0.1, 0.15) is 0 Å². The summed E-state index contributed by atoms with van der Waals surface area (Å²) in [6.07, 6.45) is 2.25. The Kier molecular flexibility index (Phi) is 4.47. The van der Waals surface area contributed by atoms with E-state index in [4.69, 9.17) is 14.2 Å². The second-order valence-electron chi connectivity index (χ2n) is 5.81. The van der Waals surface area contributed by atoms with Gasteiger partial charge in [0.2, 0.25) is 11.9 Å². The van der Waals surface area contributed by atoms with E-state index in [1.54, 1.807) is 31.2 Å². The van der Waals surface area contributed by atoms with Crippen LogP contribution in [0.15, 0.2) is 30.3 Å². The third-order valence-corrected chi connectivity index (χ3v) is 4.33. The number of carbonyl (C=O) groups is 1. The van der Waals surface area contributed by atoms with E-state index >= 15 is 0 Å². The number of hydrogen-bond donors (Lipinski definition) is 1. The molecule has 120 valence electrons. The van der Waals surface area contributed by atoms with Crippen molar-refractivity contribution in [3.63, 3.8) is 0 Å². The highest BCUT2D eigenvalue weighted by molar-refractivity contribution is 5.76. The number of benzene rings is 1. The maximum Gasteiger partial charge on any atom is 0.341 e. The average molecular weight is 306 g/mol. The average Bonchev–Trinajstić information content (AvgIpc) is 2.55. The van der Waals surface area contributed by atoms with E-state index < -0.39 is 17.9 Å². The molecule has 1 aromatic rings. The molecule has 0 radical (unpaired) electrons. The molecule has 1 aliphatic carbocycles. The van der Waals surface area contributed by atoms with E-state index in [9.17, 15) is 9.90 Å². The van der Waals surface area contributed by atoms with E-state index in [1.807, 2.05) is 6.07 Å². The molecule has 0 amide bonds. The van der Waals surface area contributed by atoms with Crippen LogP contribution in [-0.4, -0.2) is 36.0 Å². The van der Waals surface area contributed by atoms with Crippen molar-refractivity contribution >= 4 is 5.97 Å². The minimum absolute atomic E-state index is 0.160. The second-order valence-corrected chi connectivity index (χ2v) is 5.81. The van der Waals surface area contributed by atoms with Gasteiger partial charge in [-0.1, -0.05) is 43.2 Å². The molecule has 2 unspecified atom stereocenters. The topological polar surface area (TPSA) is 65.0 Å². The van der Waals surface area contributed by atoms with E-state index in [0.29, 0.717) is 5.56 Å². The van der Waals surface area contributed by atoms with Gasteiger partial charge in [-0.3, -0.25) is 0 Å². The molecule has 0 spiro atoms. The van der Waals surface area contributed by atoms with Crippen LogP contribution in [0.5, 0.6) is 0 Å². The zero-order valence-electron chi connectivity index (χ0n) is 12.7. The summed E-state index contributed by atoms with van der Waals surface area (Å²) in [4.78, 5) is 12.3. The lowest BCUT2D eigenvalue weighted by molar-refractivity contribution is -0.358. The predicted molar refractivity (Wildman–Crippen MR) is 79.0 cm³/mol. The van der Waals surface area contributed by atoms with E-state index in [-0.39, 0.29) is 18.8 Å². The van der Waals surface area contributed by atoms with Crippen molar-refractivity contribution in [2.24, 2.45) is 0 Å². The standard InChI is InChI=1S/C17H22O5/c1-2-20-16(18)15-17(19,12-8-4-3-5-9-12)22-14-11-7-6-10-13(14)21-15/h3-5,8-9,13-15,19H,2,6-7,10-11H2,1H3/t13-,14-,15?,17?/m1/s1. The molecule has 1 aromatic carbocycles. The molecule has 4 atom stereocenters. The Bertz CT molecular complexity index is 517. The highest BCUT2D eigenvalue weighted by Crippen LogP contribution is 2.41. The maximum atomic E-state index is 12.3. The number of aliphatic hydroxyl groups is 1. The van der Waals surface area contributed by atoms with Crippen molar-refractivity contribution in [1.29, 1.82) is 0 Å². The van der Waals surface area contributed by atoms with Crippen molar-refractivity contribution in [3.05, 3.63) is 35.9 Å². The summed E-state index contributed by atoms with van der Waals surface area (Å²) < 4.78 is 17.0. The third-order valence-electron chi connectivity index (χ3n) is 4.33. The van der Waals surface area contributed by atoms with Crippen LogP contribution in [0, 0.1) is 0 Å². The van der Waals surface area contributed by atoms with E-state index in [1.165, 1.54) is 0 Å². The first kappa shape index (κ1) is 15.5. The summed E-state index contributed by atoms with van der Waals surface area (Å²) >= 11 is 0. The number of fused-ring (bicyclic) bond motifs is 1. The first-order valence-electron chi connectivity index (χ1n) is 7.93. The van der Waals surface area contributed by atoms with Crippen LogP contribution >= 0.6 is 0 Å². The van der Waals surface area contributed by atoms with Crippen LogP contribution in [-0.2, 0) is 24.8 Å². The van der Waals surface area contributed by atoms with Crippen molar-refractivity contribution in [1.82, 2.24) is 0 Å². The molecular formula is C17H22O5. The summed E-state index contributed by atoms with van der Waals surface area (Å²) in [5.74, 6) is -2.38. The van der Waals surface area contributed by atoms with Gasteiger partial charge >= 0.3 is 5.97 Å². The molecule has 5 nitrogen and oxygen atoms in total. The Balaban J connectivity index is 1.93. The molecule has 1 N–H and O–H groups in total. The Morgan fingerprint density at radius 3 is 2.64 bits per heavy atom. The summed E-state index contributed by atoms with van der Waals surface area (Å²) in [6.45, 7) is 1.96. The summed E-state index contributed by atoms with van der Waals surface area (Å²) in [5.41, 5.74) is 0.511. The first-order chi connectivity index (χ1) is 10.6. The van der Waals surface area contributed by atoms with Gasteiger partial charge in [0.15, 0.2) is 0 Å². The minimum atomic E-state index is -1.80. The summed E-state index contributed by atoms with van der Waals surface area (Å²) in [7, 11) is 0. The smallest absolute Gasteiger partial charge is 0.341 e. The number of carbonyl (C=O) groups excluding carboxylic acids is 1. The van der Waals surface area contributed by atoms with Crippen LogP contribution in [0.4, 0.5) is 0 Å². The third kappa shape index (κ3) is 2.76. The van der Waals surface area contributed by atoms with Crippen LogP contribution in [0.2, 0.25) is 0 Å². The monoisotopic (exact) mass is 306 g/mol. The van der Waals surface area contributed by atoms with Gasteiger partial charge in [0.25, 0.3) is 0 Å². The highest BCUT2D eigenvalue weighted by Gasteiger charge is 2.54. The predicted octanol–water partition coefficient (Wildman–Crippen LogP) is 2.12. The molecule has 0 aromatic heterocycles. The van der Waals surface area contributed by atoms with Crippen molar-refractivity contribution < 1.29 is 24.1 Å². The van der Waals surface area contributed by atoms with Crippen molar-refractivity contribution in [3.8, 4) is 0 Å². The van der Waals surface area contributed by atoms with Gasteiger partial charge in [0, 0.05) is 5.56 Å². The Hall–Kier alpha value is -1.43. The lowest BCUT2D eigenvalue weighted by Crippen LogP contribution is -2.59. The van der Waals surface area contributed by atoms with Crippen LogP contribution in [0.25, 0.3) is 0 Å². The largest absolute Gasteiger partial charge is 0.464 e. The molecule has 1 heterocycles. The molecule has 1 saturated heterocycles. The lowest BCUT2D eigenvalue weighted by Gasteiger charge is -2.47. The lowest BCUT2D eigenvalue weighted by atomic mass is 9.90. The van der Waals surface area contributed by atoms with Crippen molar-refractivity contribution in [2.45, 2.75) is 56.7 Å². The van der Waals surface area contributed by atoms with E-state index in [0.717, 1.165) is 25.7 Å². The molecule has 2 aliphatic rings. The Labute approximate surface area is 130 Å². The van der Waals surface area contributed by atoms with Gasteiger partial charge in [-0.05, 0) is 19.8 Å². The quantitative estimate of drug-likeness (QED) is 0.867. The van der Waals surface area contributed by atoms with Gasteiger partial charge in [0.05, 0.1) is 18.8 Å². The molecule has 1 saturated carbocycles. The zero-order valence-corrected chi connectivity index (χ0v) is 12.7. The second kappa shape index (κ2) is 6.36. The molecule has 2 fully saturated rings.